The second-order valence-corrected chi connectivity index (χ2v) is 8.01. The number of Topliss-reactive ketones (excluding diaryl/α,β-unsaturated/α-hetero) is 1. The van der Waals surface area contributed by atoms with Crippen LogP contribution in [0.1, 0.15) is 22.7 Å². The predicted molar refractivity (Wildman–Crippen MR) is 122 cm³/mol. The third-order valence-corrected chi connectivity index (χ3v) is 5.96. The van der Waals surface area contributed by atoms with Crippen LogP contribution in [0.4, 0.5) is 0 Å². The van der Waals surface area contributed by atoms with E-state index < -0.39 is 17.7 Å². The monoisotopic (exact) mass is 468 g/mol. The molecular formula is C24H18Cl2N2O4. The molecule has 1 aliphatic rings. The molecule has 2 aromatic carbocycles. The van der Waals surface area contributed by atoms with Crippen LogP contribution in [0.25, 0.3) is 5.76 Å². The minimum atomic E-state index is -0.865. The van der Waals surface area contributed by atoms with Gasteiger partial charge in [-0.05, 0) is 41.5 Å². The number of pyridine rings is 1. The first-order valence-electron chi connectivity index (χ1n) is 9.67. The zero-order chi connectivity index (χ0) is 22.8. The highest BCUT2D eigenvalue weighted by atomic mass is 35.5. The standard InChI is InChI=1S/C24H18Cl2N2O4/c1-32-17-6-2-5-16(10-17)22(29)20-21(15-7-8-18(25)19(26)11-15)28(24(31)23(20)30)13-14-4-3-9-27-12-14/h2-12,21,29H,13H2,1H3/b22-20-. The molecule has 3 aromatic rings. The van der Waals surface area contributed by atoms with Gasteiger partial charge in [0.15, 0.2) is 0 Å². The van der Waals surface area contributed by atoms with Gasteiger partial charge in [-0.1, -0.05) is 47.5 Å². The molecule has 1 unspecified atom stereocenters. The van der Waals surface area contributed by atoms with E-state index in [1.54, 1.807) is 67.0 Å². The molecule has 8 heteroatoms. The molecule has 0 spiro atoms. The Hall–Kier alpha value is -3.35. The summed E-state index contributed by atoms with van der Waals surface area (Å²) >= 11 is 12.3. The number of hydrogen-bond donors (Lipinski definition) is 1. The number of carbonyl (C=O) groups excluding carboxylic acids is 2. The van der Waals surface area contributed by atoms with Crippen LogP contribution in [0, 0.1) is 0 Å². The van der Waals surface area contributed by atoms with E-state index in [0.717, 1.165) is 5.56 Å². The first-order chi connectivity index (χ1) is 15.4. The maximum absolute atomic E-state index is 13.1. The van der Waals surface area contributed by atoms with Crippen molar-refractivity contribution >= 4 is 40.7 Å². The Bertz CT molecular complexity index is 1230. The molecule has 0 saturated carbocycles. The van der Waals surface area contributed by atoms with E-state index in [1.807, 2.05) is 0 Å². The molecule has 1 aliphatic heterocycles. The molecule has 2 heterocycles. The zero-order valence-electron chi connectivity index (χ0n) is 17.0. The molecule has 1 aromatic heterocycles. The van der Waals surface area contributed by atoms with Crippen LogP contribution in [-0.2, 0) is 16.1 Å². The largest absolute Gasteiger partial charge is 0.507 e. The van der Waals surface area contributed by atoms with E-state index in [4.69, 9.17) is 27.9 Å². The number of nitrogens with zero attached hydrogens (tertiary/aromatic N) is 2. The van der Waals surface area contributed by atoms with Crippen molar-refractivity contribution in [1.82, 2.24) is 9.88 Å². The fourth-order valence-corrected chi connectivity index (χ4v) is 3.99. The van der Waals surface area contributed by atoms with Crippen LogP contribution in [-0.4, -0.2) is 33.8 Å². The summed E-state index contributed by atoms with van der Waals surface area (Å²) in [4.78, 5) is 31.6. The number of aliphatic hydroxyl groups is 1. The second kappa shape index (κ2) is 9.02. The van der Waals surface area contributed by atoms with Crippen molar-refractivity contribution < 1.29 is 19.4 Å². The number of benzene rings is 2. The molecule has 4 rings (SSSR count). The van der Waals surface area contributed by atoms with Gasteiger partial charge in [-0.2, -0.15) is 0 Å². The summed E-state index contributed by atoms with van der Waals surface area (Å²) in [5.74, 6) is -1.31. The van der Waals surface area contributed by atoms with Crippen molar-refractivity contribution in [2.24, 2.45) is 0 Å². The number of likely N-dealkylation sites (tertiary alicyclic amines) is 1. The van der Waals surface area contributed by atoms with Crippen molar-refractivity contribution in [3.05, 3.63) is 99.3 Å². The van der Waals surface area contributed by atoms with Gasteiger partial charge in [-0.25, -0.2) is 0 Å². The summed E-state index contributed by atoms with van der Waals surface area (Å²) in [5, 5.41) is 11.7. The molecule has 0 aliphatic carbocycles. The van der Waals surface area contributed by atoms with E-state index in [9.17, 15) is 14.7 Å². The number of rotatable bonds is 5. The van der Waals surface area contributed by atoms with Gasteiger partial charge >= 0.3 is 0 Å². The van der Waals surface area contributed by atoms with Crippen LogP contribution in [0.15, 0.2) is 72.6 Å². The molecule has 0 radical (unpaired) electrons. The summed E-state index contributed by atoms with van der Waals surface area (Å²) in [6, 6.07) is 14.2. The van der Waals surface area contributed by atoms with Gasteiger partial charge in [-0.15, -0.1) is 0 Å². The van der Waals surface area contributed by atoms with E-state index >= 15 is 0 Å². The number of carbonyl (C=O) groups is 2. The molecule has 6 nitrogen and oxygen atoms in total. The predicted octanol–water partition coefficient (Wildman–Crippen LogP) is 5.02. The summed E-state index contributed by atoms with van der Waals surface area (Å²) in [6.45, 7) is 0.123. The maximum atomic E-state index is 13.1. The lowest BCUT2D eigenvalue weighted by Gasteiger charge is -2.25. The number of hydrogen-bond acceptors (Lipinski definition) is 5. The van der Waals surface area contributed by atoms with Crippen LogP contribution >= 0.6 is 23.2 Å². The number of methoxy groups -OCH3 is 1. The maximum Gasteiger partial charge on any atom is 0.295 e. The Morgan fingerprint density at radius 1 is 1.09 bits per heavy atom. The molecule has 1 fully saturated rings. The van der Waals surface area contributed by atoms with Crippen LogP contribution in [0.5, 0.6) is 5.75 Å². The van der Waals surface area contributed by atoms with E-state index in [1.165, 1.54) is 12.0 Å². The van der Waals surface area contributed by atoms with Crippen molar-refractivity contribution in [2.75, 3.05) is 7.11 Å². The van der Waals surface area contributed by atoms with E-state index in [-0.39, 0.29) is 22.9 Å². The molecule has 1 amide bonds. The summed E-state index contributed by atoms with van der Waals surface area (Å²) in [6.07, 6.45) is 3.24. The van der Waals surface area contributed by atoms with Crippen molar-refractivity contribution in [1.29, 1.82) is 0 Å². The Balaban J connectivity index is 1.89. The molecule has 0 bridgehead atoms. The summed E-state index contributed by atoms with van der Waals surface area (Å²) in [7, 11) is 1.50. The zero-order valence-corrected chi connectivity index (χ0v) is 18.5. The molecule has 32 heavy (non-hydrogen) atoms. The molecule has 162 valence electrons. The minimum absolute atomic E-state index is 0.0365. The van der Waals surface area contributed by atoms with Gasteiger partial charge in [-0.3, -0.25) is 14.6 Å². The highest BCUT2D eigenvalue weighted by Crippen LogP contribution is 2.41. The second-order valence-electron chi connectivity index (χ2n) is 7.19. The van der Waals surface area contributed by atoms with Gasteiger partial charge in [0, 0.05) is 24.5 Å². The number of aliphatic hydroxyl groups excluding tert-OH is 1. The van der Waals surface area contributed by atoms with Crippen molar-refractivity contribution in [3.63, 3.8) is 0 Å². The Morgan fingerprint density at radius 2 is 1.91 bits per heavy atom. The third kappa shape index (κ3) is 4.07. The normalized spacial score (nSPS) is 17.6. The Labute approximate surface area is 194 Å². The SMILES string of the molecule is COc1cccc(/C(O)=C2/C(=O)C(=O)N(Cc3cccnc3)C2c2ccc(Cl)c(Cl)c2)c1. The smallest absolute Gasteiger partial charge is 0.295 e. The number of halogens is 2. The Morgan fingerprint density at radius 3 is 2.59 bits per heavy atom. The molecular weight excluding hydrogens is 451 g/mol. The lowest BCUT2D eigenvalue weighted by molar-refractivity contribution is -0.140. The van der Waals surface area contributed by atoms with Gasteiger partial charge in [0.1, 0.15) is 11.5 Å². The topological polar surface area (TPSA) is 79.7 Å². The van der Waals surface area contributed by atoms with E-state index in [2.05, 4.69) is 4.98 Å². The van der Waals surface area contributed by atoms with Crippen LogP contribution in [0.3, 0.4) is 0 Å². The first-order valence-corrected chi connectivity index (χ1v) is 10.4. The van der Waals surface area contributed by atoms with Crippen molar-refractivity contribution in [3.8, 4) is 5.75 Å². The number of amides is 1. The Kier molecular flexibility index (Phi) is 6.17. The number of aromatic nitrogens is 1. The molecule has 1 saturated heterocycles. The number of ketones is 1. The first kappa shape index (κ1) is 21.9. The van der Waals surface area contributed by atoms with E-state index in [0.29, 0.717) is 21.9 Å². The minimum Gasteiger partial charge on any atom is -0.507 e. The summed E-state index contributed by atoms with van der Waals surface area (Å²) < 4.78 is 5.22. The summed E-state index contributed by atoms with van der Waals surface area (Å²) in [5.41, 5.74) is 1.60. The fourth-order valence-electron chi connectivity index (χ4n) is 3.69. The third-order valence-electron chi connectivity index (χ3n) is 5.22. The highest BCUT2D eigenvalue weighted by Gasteiger charge is 2.46. The highest BCUT2D eigenvalue weighted by molar-refractivity contribution is 6.46. The molecule has 1 N–H and O–H groups in total. The molecule has 1 atom stereocenters. The average Bonchev–Trinajstić information content (AvgIpc) is 3.06. The number of ether oxygens (including phenoxy) is 1. The van der Waals surface area contributed by atoms with Gasteiger partial charge in [0.25, 0.3) is 11.7 Å². The lowest BCUT2D eigenvalue weighted by Crippen LogP contribution is -2.29. The lowest BCUT2D eigenvalue weighted by atomic mass is 9.95. The van der Waals surface area contributed by atoms with Gasteiger partial charge in [0.2, 0.25) is 0 Å². The van der Waals surface area contributed by atoms with Gasteiger partial charge < -0.3 is 14.7 Å². The fraction of sp³-hybridized carbons (Fsp3) is 0.125. The average molecular weight is 469 g/mol. The van der Waals surface area contributed by atoms with Gasteiger partial charge in [0.05, 0.1) is 28.8 Å². The quantitative estimate of drug-likeness (QED) is 0.323. The van der Waals surface area contributed by atoms with Crippen molar-refractivity contribution in [2.45, 2.75) is 12.6 Å². The van der Waals surface area contributed by atoms with Crippen LogP contribution in [0.2, 0.25) is 10.0 Å². The van der Waals surface area contributed by atoms with Crippen LogP contribution < -0.4 is 4.74 Å².